The van der Waals surface area contributed by atoms with E-state index in [1.807, 2.05) is 0 Å². The van der Waals surface area contributed by atoms with Crippen molar-refractivity contribution in [2.24, 2.45) is 0 Å². The second-order valence-corrected chi connectivity index (χ2v) is 10.4. The quantitative estimate of drug-likeness (QED) is 0.160. The number of fused-ring (bicyclic) bond motifs is 2. The van der Waals surface area contributed by atoms with Crippen LogP contribution in [-0.4, -0.2) is 49.2 Å². The van der Waals surface area contributed by atoms with E-state index in [4.69, 9.17) is 23.4 Å². The Bertz CT molecular complexity index is 2090. The normalized spacial score (nSPS) is 13.0. The van der Waals surface area contributed by atoms with Gasteiger partial charge < -0.3 is 38.7 Å². The number of phenols is 3. The Balaban J connectivity index is 1.64. The maximum atomic E-state index is 13.2. The average Bonchev–Trinajstić information content (AvgIpc) is 3.37. The average molecular weight is 597 g/mol. The Labute approximate surface area is 250 Å². The summed E-state index contributed by atoms with van der Waals surface area (Å²) in [6, 6.07) is 14.1. The number of phenolic OH excluding ortho intramolecular Hbond substituents is 3. The summed E-state index contributed by atoms with van der Waals surface area (Å²) in [5.41, 5.74) is 2.34. The molecule has 44 heavy (non-hydrogen) atoms. The first-order chi connectivity index (χ1) is 21.1. The first-order valence-electron chi connectivity index (χ1n) is 13.6. The molecule has 2 heterocycles. The van der Waals surface area contributed by atoms with Gasteiger partial charge in [-0.1, -0.05) is 12.1 Å². The van der Waals surface area contributed by atoms with Crippen LogP contribution in [0.15, 0.2) is 69.4 Å². The standard InChI is InChI=1S/C34H28O10/c1-16-9-25(37)31-32(38)30-22(13-20(40-2)14-27(30)42-4)29(33(31)44-16)21-12-18(6-8-23(21)35)28-19(15-43-34(28)39)10-17-5-7-24(36)26(11-17)41-3/h5-9,11-14,35-36,38H,10,15H2,1-4H3. The largest absolute Gasteiger partial charge is 0.507 e. The molecule has 224 valence electrons. The molecule has 10 heteroatoms. The van der Waals surface area contributed by atoms with Gasteiger partial charge >= 0.3 is 5.97 Å². The monoisotopic (exact) mass is 596 g/mol. The molecule has 1 aromatic heterocycles. The van der Waals surface area contributed by atoms with E-state index in [1.54, 1.807) is 43.3 Å². The van der Waals surface area contributed by atoms with Crippen LogP contribution < -0.4 is 19.6 Å². The molecular weight excluding hydrogens is 568 g/mol. The number of hydrogen-bond acceptors (Lipinski definition) is 10. The Morgan fingerprint density at radius 3 is 2.30 bits per heavy atom. The van der Waals surface area contributed by atoms with Crippen LogP contribution in [-0.2, 0) is 16.0 Å². The van der Waals surface area contributed by atoms with Crippen LogP contribution in [0.5, 0.6) is 34.5 Å². The molecule has 1 aliphatic heterocycles. The van der Waals surface area contributed by atoms with Crippen molar-refractivity contribution in [3.05, 3.63) is 87.3 Å². The van der Waals surface area contributed by atoms with Gasteiger partial charge in [0.1, 0.15) is 46.3 Å². The third-order valence-electron chi connectivity index (χ3n) is 7.72. The summed E-state index contributed by atoms with van der Waals surface area (Å²) in [5.74, 6) is 0.195. The zero-order valence-corrected chi connectivity index (χ0v) is 24.3. The minimum atomic E-state index is -0.534. The van der Waals surface area contributed by atoms with E-state index in [0.717, 1.165) is 5.56 Å². The van der Waals surface area contributed by atoms with Gasteiger partial charge in [0.05, 0.1) is 32.3 Å². The first-order valence-corrected chi connectivity index (χ1v) is 13.6. The number of esters is 1. The number of hydrogen-bond donors (Lipinski definition) is 3. The van der Waals surface area contributed by atoms with Gasteiger partial charge in [-0.3, -0.25) is 4.79 Å². The third-order valence-corrected chi connectivity index (χ3v) is 7.72. The highest BCUT2D eigenvalue weighted by Crippen LogP contribution is 2.49. The van der Waals surface area contributed by atoms with Crippen LogP contribution in [0.4, 0.5) is 0 Å². The zero-order chi connectivity index (χ0) is 31.3. The van der Waals surface area contributed by atoms with Crippen molar-refractivity contribution in [1.82, 2.24) is 0 Å². The van der Waals surface area contributed by atoms with Crippen molar-refractivity contribution in [3.63, 3.8) is 0 Å². The van der Waals surface area contributed by atoms with Crippen molar-refractivity contribution in [2.45, 2.75) is 13.3 Å². The molecule has 0 radical (unpaired) electrons. The topological polar surface area (TPSA) is 145 Å². The van der Waals surface area contributed by atoms with Crippen LogP contribution in [0.2, 0.25) is 0 Å². The molecule has 0 saturated carbocycles. The van der Waals surface area contributed by atoms with Crippen LogP contribution in [0.1, 0.15) is 16.9 Å². The lowest BCUT2D eigenvalue weighted by Gasteiger charge is -2.18. The third kappa shape index (κ3) is 4.60. The summed E-state index contributed by atoms with van der Waals surface area (Å²) >= 11 is 0. The molecule has 0 atom stereocenters. The van der Waals surface area contributed by atoms with Gasteiger partial charge in [0.25, 0.3) is 0 Å². The maximum Gasteiger partial charge on any atom is 0.339 e. The highest BCUT2D eigenvalue weighted by molar-refractivity contribution is 6.21. The highest BCUT2D eigenvalue weighted by atomic mass is 16.5. The summed E-state index contributed by atoms with van der Waals surface area (Å²) in [6.45, 7) is 1.67. The van der Waals surface area contributed by atoms with Gasteiger partial charge in [-0.15, -0.1) is 0 Å². The molecule has 0 fully saturated rings. The molecule has 0 amide bonds. The van der Waals surface area contributed by atoms with Crippen LogP contribution in [0.25, 0.3) is 38.4 Å². The minimum absolute atomic E-state index is 0.00382. The molecule has 10 nitrogen and oxygen atoms in total. The lowest BCUT2D eigenvalue weighted by molar-refractivity contribution is -0.134. The Kier molecular flexibility index (Phi) is 7.05. The van der Waals surface area contributed by atoms with Crippen LogP contribution in [0.3, 0.4) is 0 Å². The molecule has 5 aromatic rings. The van der Waals surface area contributed by atoms with E-state index in [0.29, 0.717) is 51.3 Å². The summed E-state index contributed by atoms with van der Waals surface area (Å²) < 4.78 is 27.8. The van der Waals surface area contributed by atoms with E-state index in [2.05, 4.69) is 0 Å². The summed E-state index contributed by atoms with van der Waals surface area (Å²) in [6.07, 6.45) is 0.335. The fourth-order valence-corrected chi connectivity index (χ4v) is 5.71. The van der Waals surface area contributed by atoms with Crippen molar-refractivity contribution in [2.75, 3.05) is 27.9 Å². The van der Waals surface area contributed by atoms with Crippen LogP contribution >= 0.6 is 0 Å². The molecule has 0 spiro atoms. The predicted octanol–water partition coefficient (Wildman–Crippen LogP) is 5.62. The van der Waals surface area contributed by atoms with Gasteiger partial charge in [-0.2, -0.15) is 0 Å². The lowest BCUT2D eigenvalue weighted by Crippen LogP contribution is -2.04. The van der Waals surface area contributed by atoms with Crippen molar-refractivity contribution >= 4 is 33.3 Å². The maximum absolute atomic E-state index is 13.2. The molecule has 1 aliphatic rings. The smallest absolute Gasteiger partial charge is 0.339 e. The van der Waals surface area contributed by atoms with Gasteiger partial charge in [0.15, 0.2) is 16.9 Å². The molecule has 0 unspecified atom stereocenters. The zero-order valence-electron chi connectivity index (χ0n) is 24.3. The number of carbonyl (C=O) groups excluding carboxylic acids is 1. The van der Waals surface area contributed by atoms with Gasteiger partial charge in [0, 0.05) is 28.6 Å². The van der Waals surface area contributed by atoms with Gasteiger partial charge in [0.2, 0.25) is 0 Å². The number of benzene rings is 4. The Morgan fingerprint density at radius 2 is 1.57 bits per heavy atom. The lowest BCUT2D eigenvalue weighted by atomic mass is 9.90. The fourth-order valence-electron chi connectivity index (χ4n) is 5.71. The first kappa shape index (κ1) is 28.5. The number of carbonyl (C=O) groups is 1. The van der Waals surface area contributed by atoms with E-state index in [9.17, 15) is 24.9 Å². The van der Waals surface area contributed by atoms with E-state index < -0.39 is 11.4 Å². The summed E-state index contributed by atoms with van der Waals surface area (Å²) in [4.78, 5) is 26.3. The van der Waals surface area contributed by atoms with E-state index >= 15 is 0 Å². The number of methoxy groups -OCH3 is 3. The van der Waals surface area contributed by atoms with Crippen molar-refractivity contribution in [1.29, 1.82) is 0 Å². The molecule has 0 saturated heterocycles. The van der Waals surface area contributed by atoms with Crippen molar-refractivity contribution < 1.29 is 43.5 Å². The SMILES string of the molecule is COc1cc(OC)c2c(O)c3c(=O)cc(C)oc3c(-c3cc(C4=C(Cc5ccc(O)c(OC)c5)COC4=O)ccc3O)c2c1. The molecule has 0 bridgehead atoms. The predicted molar refractivity (Wildman–Crippen MR) is 163 cm³/mol. The number of cyclic esters (lactones) is 1. The van der Waals surface area contributed by atoms with E-state index in [-0.39, 0.29) is 51.5 Å². The fraction of sp³-hybridized carbons (Fsp3) is 0.176. The molecule has 3 N–H and O–H groups in total. The van der Waals surface area contributed by atoms with E-state index in [1.165, 1.54) is 39.5 Å². The summed E-state index contributed by atoms with van der Waals surface area (Å²) in [7, 11) is 4.36. The number of rotatable bonds is 7. The Morgan fingerprint density at radius 1 is 0.818 bits per heavy atom. The Hall–Kier alpha value is -5.64. The van der Waals surface area contributed by atoms with Gasteiger partial charge in [-0.25, -0.2) is 4.79 Å². The minimum Gasteiger partial charge on any atom is -0.507 e. The second kappa shape index (κ2) is 10.9. The van der Waals surface area contributed by atoms with Crippen molar-refractivity contribution in [3.8, 4) is 45.6 Å². The number of aryl methyl sites for hydroxylation is 1. The van der Waals surface area contributed by atoms with Gasteiger partial charge in [-0.05, 0) is 60.4 Å². The van der Waals surface area contributed by atoms with Crippen LogP contribution in [0, 0.1) is 6.92 Å². The molecule has 4 aromatic carbocycles. The summed E-state index contributed by atoms with van der Waals surface area (Å²) in [5, 5.41) is 33.1. The molecular formula is C34H28O10. The number of aromatic hydroxyl groups is 3. The highest BCUT2D eigenvalue weighted by Gasteiger charge is 2.29. The molecule has 0 aliphatic carbocycles. The number of ether oxygens (including phenoxy) is 4. The second-order valence-electron chi connectivity index (χ2n) is 10.4. The molecule has 6 rings (SSSR count).